The third-order valence-electron chi connectivity index (χ3n) is 3.89. The average Bonchev–Trinajstić information content (AvgIpc) is 2.54. The molecular formula is C18H29ClIN5O. The van der Waals surface area contributed by atoms with E-state index in [0.717, 1.165) is 42.8 Å². The molecule has 2 N–H and O–H groups in total. The van der Waals surface area contributed by atoms with Crippen LogP contribution in [-0.2, 0) is 4.79 Å². The highest BCUT2D eigenvalue weighted by Crippen LogP contribution is 2.20. The van der Waals surface area contributed by atoms with E-state index in [9.17, 15) is 4.79 Å². The fourth-order valence-corrected chi connectivity index (χ4v) is 2.99. The lowest BCUT2D eigenvalue weighted by Crippen LogP contribution is -2.54. The molecule has 2 rings (SSSR count). The molecule has 0 aromatic heterocycles. The van der Waals surface area contributed by atoms with Crippen LogP contribution in [0.1, 0.15) is 20.8 Å². The molecule has 26 heavy (non-hydrogen) atoms. The van der Waals surface area contributed by atoms with Gasteiger partial charge in [0, 0.05) is 49.5 Å². The van der Waals surface area contributed by atoms with Crippen molar-refractivity contribution >= 4 is 53.1 Å². The second-order valence-electron chi connectivity index (χ2n) is 7.15. The Morgan fingerprint density at radius 1 is 1.23 bits per heavy atom. The van der Waals surface area contributed by atoms with E-state index in [0.29, 0.717) is 0 Å². The Morgan fingerprint density at radius 2 is 1.88 bits per heavy atom. The zero-order valence-electron chi connectivity index (χ0n) is 15.9. The van der Waals surface area contributed by atoms with Gasteiger partial charge in [-0.25, -0.2) is 0 Å². The summed E-state index contributed by atoms with van der Waals surface area (Å²) < 4.78 is 0. The van der Waals surface area contributed by atoms with Crippen molar-refractivity contribution in [1.29, 1.82) is 0 Å². The van der Waals surface area contributed by atoms with Crippen molar-refractivity contribution in [3.8, 4) is 0 Å². The smallest absolute Gasteiger partial charge is 0.239 e. The van der Waals surface area contributed by atoms with E-state index in [4.69, 9.17) is 11.6 Å². The van der Waals surface area contributed by atoms with E-state index in [-0.39, 0.29) is 42.0 Å². The molecule has 1 aromatic rings. The summed E-state index contributed by atoms with van der Waals surface area (Å²) in [5.41, 5.74) is 0.907. The normalized spacial score (nSPS) is 15.3. The first-order valence-electron chi connectivity index (χ1n) is 8.55. The molecule has 0 bridgehead atoms. The van der Waals surface area contributed by atoms with E-state index >= 15 is 0 Å². The number of hydrogen-bond acceptors (Lipinski definition) is 3. The molecule has 8 heteroatoms. The second kappa shape index (κ2) is 10.2. The van der Waals surface area contributed by atoms with Gasteiger partial charge in [-0.05, 0) is 39.0 Å². The standard InChI is InChI=1S/C18H28ClN5O.HI/c1-18(2,3)22-16(25)13-21-17(20-4)24-10-8-23(9-11-24)15-7-5-6-14(19)12-15;/h5-7,12H,8-11,13H2,1-4H3,(H,20,21)(H,22,25);1H. The fourth-order valence-electron chi connectivity index (χ4n) is 2.80. The summed E-state index contributed by atoms with van der Waals surface area (Å²) in [6, 6.07) is 7.92. The number of nitrogens with zero attached hydrogens (tertiary/aromatic N) is 3. The Balaban J connectivity index is 0.00000338. The Bertz CT molecular complexity index is 624. The molecule has 1 aromatic carbocycles. The summed E-state index contributed by atoms with van der Waals surface area (Å²) in [6.07, 6.45) is 0. The van der Waals surface area contributed by atoms with Crippen molar-refractivity contribution in [1.82, 2.24) is 15.5 Å². The number of amides is 1. The zero-order valence-corrected chi connectivity index (χ0v) is 19.0. The van der Waals surface area contributed by atoms with Gasteiger partial charge in [0.1, 0.15) is 0 Å². The topological polar surface area (TPSA) is 60.0 Å². The molecule has 0 saturated carbocycles. The number of benzene rings is 1. The van der Waals surface area contributed by atoms with Crippen molar-refractivity contribution < 1.29 is 4.79 Å². The van der Waals surface area contributed by atoms with Gasteiger partial charge in [-0.15, -0.1) is 24.0 Å². The van der Waals surface area contributed by atoms with E-state index in [1.807, 2.05) is 39.0 Å². The maximum absolute atomic E-state index is 12.0. The van der Waals surface area contributed by atoms with Crippen LogP contribution < -0.4 is 15.5 Å². The minimum absolute atomic E-state index is 0. The van der Waals surface area contributed by atoms with Crippen molar-refractivity contribution in [2.45, 2.75) is 26.3 Å². The minimum Gasteiger partial charge on any atom is -0.368 e. The third-order valence-corrected chi connectivity index (χ3v) is 4.12. The van der Waals surface area contributed by atoms with Gasteiger partial charge in [0.25, 0.3) is 0 Å². The van der Waals surface area contributed by atoms with Gasteiger partial charge in [-0.1, -0.05) is 17.7 Å². The van der Waals surface area contributed by atoms with Crippen LogP contribution in [0.3, 0.4) is 0 Å². The van der Waals surface area contributed by atoms with Crippen LogP contribution in [0.15, 0.2) is 29.3 Å². The van der Waals surface area contributed by atoms with Crippen LogP contribution in [0.5, 0.6) is 0 Å². The van der Waals surface area contributed by atoms with Crippen LogP contribution in [0.25, 0.3) is 0 Å². The van der Waals surface area contributed by atoms with Crippen LogP contribution >= 0.6 is 35.6 Å². The summed E-state index contributed by atoms with van der Waals surface area (Å²) in [5.74, 6) is 0.723. The first-order chi connectivity index (χ1) is 11.8. The molecule has 1 amide bonds. The van der Waals surface area contributed by atoms with E-state index in [2.05, 4.69) is 31.5 Å². The molecule has 1 aliphatic heterocycles. The van der Waals surface area contributed by atoms with Crippen LogP contribution in [0, 0.1) is 0 Å². The first-order valence-corrected chi connectivity index (χ1v) is 8.93. The summed E-state index contributed by atoms with van der Waals surface area (Å²) in [5, 5.41) is 6.84. The number of halogens is 2. The summed E-state index contributed by atoms with van der Waals surface area (Å²) in [4.78, 5) is 20.7. The third kappa shape index (κ3) is 7.19. The maximum Gasteiger partial charge on any atom is 0.239 e. The zero-order chi connectivity index (χ0) is 18.4. The average molecular weight is 494 g/mol. The fraction of sp³-hybridized carbons (Fsp3) is 0.556. The number of rotatable bonds is 3. The summed E-state index contributed by atoms with van der Waals surface area (Å²) in [7, 11) is 1.74. The van der Waals surface area contributed by atoms with Crippen LogP contribution in [0.4, 0.5) is 5.69 Å². The predicted octanol–water partition coefficient (Wildman–Crippen LogP) is 2.57. The molecule has 146 valence electrons. The first kappa shape index (κ1) is 22.8. The van der Waals surface area contributed by atoms with Gasteiger partial charge in [-0.3, -0.25) is 9.79 Å². The lowest BCUT2D eigenvalue weighted by atomic mass is 10.1. The van der Waals surface area contributed by atoms with Gasteiger partial charge in [0.15, 0.2) is 5.96 Å². The summed E-state index contributed by atoms with van der Waals surface area (Å²) >= 11 is 6.08. The monoisotopic (exact) mass is 493 g/mol. The molecule has 1 fully saturated rings. The quantitative estimate of drug-likeness (QED) is 0.386. The van der Waals surface area contributed by atoms with Gasteiger partial charge in [0.2, 0.25) is 5.91 Å². The Hall–Kier alpha value is -1.22. The number of hydrogen-bond donors (Lipinski definition) is 2. The largest absolute Gasteiger partial charge is 0.368 e. The van der Waals surface area contributed by atoms with Gasteiger partial charge in [-0.2, -0.15) is 0 Å². The molecule has 0 aliphatic carbocycles. The molecule has 1 heterocycles. The van der Waals surface area contributed by atoms with E-state index in [1.165, 1.54) is 0 Å². The number of anilines is 1. The lowest BCUT2D eigenvalue weighted by Gasteiger charge is -2.37. The van der Waals surface area contributed by atoms with Gasteiger partial charge < -0.3 is 20.4 Å². The highest BCUT2D eigenvalue weighted by molar-refractivity contribution is 14.0. The van der Waals surface area contributed by atoms with Crippen molar-refractivity contribution in [2.75, 3.05) is 44.7 Å². The van der Waals surface area contributed by atoms with Crippen LogP contribution in [0.2, 0.25) is 5.02 Å². The number of aliphatic imine (C=N–C) groups is 1. The second-order valence-corrected chi connectivity index (χ2v) is 7.59. The molecule has 0 spiro atoms. The molecular weight excluding hydrogens is 465 g/mol. The van der Waals surface area contributed by atoms with Gasteiger partial charge >= 0.3 is 0 Å². The maximum atomic E-state index is 12.0. The molecule has 1 aliphatic rings. The Labute approximate surface area is 178 Å². The lowest BCUT2D eigenvalue weighted by molar-refractivity contribution is -0.121. The highest BCUT2D eigenvalue weighted by Gasteiger charge is 2.21. The van der Waals surface area contributed by atoms with E-state index < -0.39 is 0 Å². The Morgan fingerprint density at radius 3 is 2.42 bits per heavy atom. The number of piperazine rings is 1. The highest BCUT2D eigenvalue weighted by atomic mass is 127. The Kier molecular flexibility index (Phi) is 8.95. The molecule has 0 unspecified atom stereocenters. The minimum atomic E-state index is -0.231. The van der Waals surface area contributed by atoms with Gasteiger partial charge in [0.05, 0.1) is 6.54 Å². The molecule has 6 nitrogen and oxygen atoms in total. The van der Waals surface area contributed by atoms with Crippen molar-refractivity contribution in [3.05, 3.63) is 29.3 Å². The number of carbonyl (C=O) groups is 1. The predicted molar refractivity (Wildman–Crippen MR) is 120 cm³/mol. The SMILES string of the molecule is CN=C(NCC(=O)NC(C)(C)C)N1CCN(c2cccc(Cl)c2)CC1.I. The number of carbonyl (C=O) groups excluding carboxylic acids is 1. The molecule has 1 saturated heterocycles. The van der Waals surface area contributed by atoms with Crippen molar-refractivity contribution in [3.63, 3.8) is 0 Å². The van der Waals surface area contributed by atoms with Crippen LogP contribution in [-0.4, -0.2) is 62.1 Å². The number of nitrogens with one attached hydrogen (secondary N) is 2. The van der Waals surface area contributed by atoms with Crippen molar-refractivity contribution in [2.24, 2.45) is 4.99 Å². The number of guanidine groups is 1. The summed E-state index contributed by atoms with van der Waals surface area (Å²) in [6.45, 7) is 9.57. The molecule has 0 radical (unpaired) electrons. The molecule has 0 atom stereocenters. The van der Waals surface area contributed by atoms with E-state index in [1.54, 1.807) is 7.05 Å².